The standard InChI is InChI=1S/C16H15N3O/c1-2-6-15(7-3-1)20-16-8-4-5-13(9-16)10-17-14-11-18-19-12-14/h1-9,11-12,17H,10H2,(H,18,19). The molecule has 1 aromatic heterocycles. The number of H-pyrrole nitrogens is 1. The summed E-state index contributed by atoms with van der Waals surface area (Å²) in [6.45, 7) is 0.728. The highest BCUT2D eigenvalue weighted by atomic mass is 16.5. The van der Waals surface area contributed by atoms with E-state index in [-0.39, 0.29) is 0 Å². The predicted molar refractivity (Wildman–Crippen MR) is 78.9 cm³/mol. The summed E-state index contributed by atoms with van der Waals surface area (Å²) in [7, 11) is 0. The van der Waals surface area contributed by atoms with Gasteiger partial charge in [-0.1, -0.05) is 30.3 Å². The number of ether oxygens (including phenoxy) is 1. The van der Waals surface area contributed by atoms with Crippen LogP contribution in [0.2, 0.25) is 0 Å². The number of benzene rings is 2. The first kappa shape index (κ1) is 12.3. The average molecular weight is 265 g/mol. The summed E-state index contributed by atoms with van der Waals surface area (Å²) in [4.78, 5) is 0. The van der Waals surface area contributed by atoms with Gasteiger partial charge >= 0.3 is 0 Å². The van der Waals surface area contributed by atoms with Crippen LogP contribution in [0, 0.1) is 0 Å². The number of hydrogen-bond donors (Lipinski definition) is 2. The Labute approximate surface area is 117 Å². The van der Waals surface area contributed by atoms with Crippen molar-refractivity contribution in [2.24, 2.45) is 0 Å². The van der Waals surface area contributed by atoms with Crippen molar-refractivity contribution in [1.29, 1.82) is 0 Å². The Morgan fingerprint density at radius 3 is 2.65 bits per heavy atom. The van der Waals surface area contributed by atoms with Crippen LogP contribution in [0.3, 0.4) is 0 Å². The van der Waals surface area contributed by atoms with Gasteiger partial charge in [-0.05, 0) is 29.8 Å². The van der Waals surface area contributed by atoms with Crippen LogP contribution in [0.4, 0.5) is 5.69 Å². The highest BCUT2D eigenvalue weighted by Crippen LogP contribution is 2.22. The predicted octanol–water partition coefficient (Wildman–Crippen LogP) is 3.81. The molecule has 0 fully saturated rings. The Hall–Kier alpha value is -2.75. The fourth-order valence-electron chi connectivity index (χ4n) is 1.90. The number of para-hydroxylation sites is 1. The first-order valence-corrected chi connectivity index (χ1v) is 6.45. The molecule has 4 nitrogen and oxygen atoms in total. The maximum Gasteiger partial charge on any atom is 0.127 e. The van der Waals surface area contributed by atoms with Gasteiger partial charge in [-0.25, -0.2) is 0 Å². The molecule has 0 unspecified atom stereocenters. The Morgan fingerprint density at radius 1 is 1.00 bits per heavy atom. The van der Waals surface area contributed by atoms with Crippen molar-refractivity contribution in [3.05, 3.63) is 72.6 Å². The smallest absolute Gasteiger partial charge is 0.127 e. The van der Waals surface area contributed by atoms with E-state index < -0.39 is 0 Å². The summed E-state index contributed by atoms with van der Waals surface area (Å²) >= 11 is 0. The van der Waals surface area contributed by atoms with Crippen molar-refractivity contribution >= 4 is 5.69 Å². The highest BCUT2D eigenvalue weighted by molar-refractivity contribution is 5.40. The van der Waals surface area contributed by atoms with Crippen molar-refractivity contribution in [2.75, 3.05) is 5.32 Å². The monoisotopic (exact) mass is 265 g/mol. The number of aromatic amines is 1. The SMILES string of the molecule is c1ccc(Oc2cccc(CNc3cn[nH]c3)c2)cc1. The van der Waals surface area contributed by atoms with Crippen LogP contribution in [0.5, 0.6) is 11.5 Å². The molecule has 2 N–H and O–H groups in total. The Balaban J connectivity index is 1.66. The van der Waals surface area contributed by atoms with Crippen LogP contribution in [-0.4, -0.2) is 10.2 Å². The second-order valence-corrected chi connectivity index (χ2v) is 4.40. The number of nitrogens with zero attached hydrogens (tertiary/aromatic N) is 1. The third-order valence-corrected chi connectivity index (χ3v) is 2.87. The van der Waals surface area contributed by atoms with Crippen LogP contribution < -0.4 is 10.1 Å². The molecule has 1 heterocycles. The largest absolute Gasteiger partial charge is 0.457 e. The zero-order valence-electron chi connectivity index (χ0n) is 10.9. The summed E-state index contributed by atoms with van der Waals surface area (Å²) < 4.78 is 5.81. The fraction of sp³-hybridized carbons (Fsp3) is 0.0625. The maximum atomic E-state index is 5.81. The molecule has 0 amide bonds. The molecule has 0 spiro atoms. The topological polar surface area (TPSA) is 49.9 Å². The van der Waals surface area contributed by atoms with Crippen LogP contribution in [-0.2, 0) is 6.54 Å². The zero-order valence-corrected chi connectivity index (χ0v) is 10.9. The first-order valence-electron chi connectivity index (χ1n) is 6.45. The minimum absolute atomic E-state index is 0.728. The van der Waals surface area contributed by atoms with Crippen molar-refractivity contribution in [3.63, 3.8) is 0 Å². The minimum Gasteiger partial charge on any atom is -0.457 e. The van der Waals surface area contributed by atoms with E-state index in [0.29, 0.717) is 0 Å². The lowest BCUT2D eigenvalue weighted by molar-refractivity contribution is 0.482. The maximum absolute atomic E-state index is 5.81. The molecule has 0 saturated carbocycles. The molecule has 0 aliphatic carbocycles. The van der Waals surface area contributed by atoms with Gasteiger partial charge in [0, 0.05) is 12.7 Å². The van der Waals surface area contributed by atoms with Gasteiger partial charge < -0.3 is 10.1 Å². The van der Waals surface area contributed by atoms with E-state index in [1.807, 2.05) is 54.7 Å². The molecule has 20 heavy (non-hydrogen) atoms. The van der Waals surface area contributed by atoms with E-state index >= 15 is 0 Å². The number of hydrogen-bond acceptors (Lipinski definition) is 3. The lowest BCUT2D eigenvalue weighted by atomic mass is 10.2. The van der Waals surface area contributed by atoms with E-state index in [1.54, 1.807) is 6.20 Å². The van der Waals surface area contributed by atoms with E-state index in [9.17, 15) is 0 Å². The van der Waals surface area contributed by atoms with Crippen LogP contribution in [0.25, 0.3) is 0 Å². The highest BCUT2D eigenvalue weighted by Gasteiger charge is 1.99. The molecule has 0 bridgehead atoms. The van der Waals surface area contributed by atoms with Gasteiger partial charge in [-0.15, -0.1) is 0 Å². The van der Waals surface area contributed by atoms with E-state index in [0.717, 1.165) is 29.3 Å². The van der Waals surface area contributed by atoms with Crippen LogP contribution >= 0.6 is 0 Å². The summed E-state index contributed by atoms with van der Waals surface area (Å²) in [6.07, 6.45) is 3.58. The summed E-state index contributed by atoms with van der Waals surface area (Å²) in [5, 5.41) is 9.95. The van der Waals surface area contributed by atoms with Crippen molar-refractivity contribution in [3.8, 4) is 11.5 Å². The molecule has 3 rings (SSSR count). The molecule has 2 aromatic carbocycles. The van der Waals surface area contributed by atoms with Crippen LogP contribution in [0.1, 0.15) is 5.56 Å². The molecule has 0 aliphatic rings. The van der Waals surface area contributed by atoms with E-state index in [1.165, 1.54) is 0 Å². The summed E-state index contributed by atoms with van der Waals surface area (Å²) in [5.74, 6) is 1.68. The Kier molecular flexibility index (Phi) is 3.64. The molecule has 0 atom stereocenters. The van der Waals surface area contributed by atoms with Gasteiger partial charge in [-0.3, -0.25) is 5.10 Å². The minimum atomic E-state index is 0.728. The van der Waals surface area contributed by atoms with Crippen molar-refractivity contribution in [1.82, 2.24) is 10.2 Å². The lowest BCUT2D eigenvalue weighted by Gasteiger charge is -2.08. The van der Waals surface area contributed by atoms with Gasteiger partial charge in [0.05, 0.1) is 11.9 Å². The molecular weight excluding hydrogens is 250 g/mol. The molecule has 0 radical (unpaired) electrons. The average Bonchev–Trinajstić information content (AvgIpc) is 3.00. The van der Waals surface area contributed by atoms with Crippen molar-refractivity contribution < 1.29 is 4.74 Å². The van der Waals surface area contributed by atoms with Gasteiger partial charge in [0.15, 0.2) is 0 Å². The van der Waals surface area contributed by atoms with Gasteiger partial charge in [-0.2, -0.15) is 5.10 Å². The third-order valence-electron chi connectivity index (χ3n) is 2.87. The second-order valence-electron chi connectivity index (χ2n) is 4.40. The molecular formula is C16H15N3O. The molecule has 3 aromatic rings. The third kappa shape index (κ3) is 3.17. The number of aromatic nitrogens is 2. The number of nitrogens with one attached hydrogen (secondary N) is 2. The molecule has 0 saturated heterocycles. The van der Waals surface area contributed by atoms with Gasteiger partial charge in [0.1, 0.15) is 11.5 Å². The quantitative estimate of drug-likeness (QED) is 0.737. The Morgan fingerprint density at radius 2 is 1.85 bits per heavy atom. The molecule has 4 heteroatoms. The van der Waals surface area contributed by atoms with E-state index in [4.69, 9.17) is 4.74 Å². The van der Waals surface area contributed by atoms with Crippen molar-refractivity contribution in [2.45, 2.75) is 6.54 Å². The van der Waals surface area contributed by atoms with Crippen LogP contribution in [0.15, 0.2) is 67.0 Å². The van der Waals surface area contributed by atoms with E-state index in [2.05, 4.69) is 21.6 Å². The first-order chi connectivity index (χ1) is 9.90. The normalized spacial score (nSPS) is 10.2. The zero-order chi connectivity index (χ0) is 13.6. The van der Waals surface area contributed by atoms with Gasteiger partial charge in [0.25, 0.3) is 0 Å². The molecule has 100 valence electrons. The number of rotatable bonds is 5. The lowest BCUT2D eigenvalue weighted by Crippen LogP contribution is -1.98. The van der Waals surface area contributed by atoms with Gasteiger partial charge in [0.2, 0.25) is 0 Å². The Bertz CT molecular complexity index is 651. The summed E-state index contributed by atoms with van der Waals surface area (Å²) in [6, 6.07) is 17.8. The second kappa shape index (κ2) is 5.93. The fourth-order valence-corrected chi connectivity index (χ4v) is 1.90. The number of anilines is 1. The summed E-state index contributed by atoms with van der Waals surface area (Å²) in [5.41, 5.74) is 2.12. The molecule has 0 aliphatic heterocycles.